The molecule has 2 aromatic heterocycles. The molecule has 0 saturated carbocycles. The molecule has 30 heavy (non-hydrogen) atoms. The van der Waals surface area contributed by atoms with Gasteiger partial charge in [-0.1, -0.05) is 56.4 Å². The summed E-state index contributed by atoms with van der Waals surface area (Å²) in [6.45, 7) is 6.52. The van der Waals surface area contributed by atoms with Gasteiger partial charge >= 0.3 is 0 Å². The maximum Gasteiger partial charge on any atom is 0.291 e. The zero-order chi connectivity index (χ0) is 21.5. The van der Waals surface area contributed by atoms with E-state index in [1.54, 1.807) is 20.3 Å². The average Bonchev–Trinajstić information content (AvgIpc) is 3.27. The highest BCUT2D eigenvalue weighted by molar-refractivity contribution is 7.15. The third kappa shape index (κ3) is 3.68. The second kappa shape index (κ2) is 7.57. The van der Waals surface area contributed by atoms with E-state index in [1.807, 2.05) is 30.3 Å². The lowest BCUT2D eigenvalue weighted by atomic mass is 9.87. The Morgan fingerprint density at radius 1 is 1.03 bits per heavy atom. The van der Waals surface area contributed by atoms with Crippen molar-refractivity contribution < 1.29 is 9.47 Å². The maximum atomic E-state index is 12.9. The van der Waals surface area contributed by atoms with Crippen molar-refractivity contribution in [2.75, 3.05) is 14.2 Å². The normalized spacial score (nSPS) is 12.5. The Labute approximate surface area is 178 Å². The predicted octanol–water partition coefficient (Wildman–Crippen LogP) is 3.68. The van der Waals surface area contributed by atoms with Crippen molar-refractivity contribution in [3.8, 4) is 22.9 Å². The highest BCUT2D eigenvalue weighted by Gasteiger charge is 2.16. The van der Waals surface area contributed by atoms with Gasteiger partial charge in [-0.3, -0.25) is 4.79 Å². The highest BCUT2D eigenvalue weighted by atomic mass is 32.1. The van der Waals surface area contributed by atoms with Gasteiger partial charge in [0.25, 0.3) is 5.56 Å². The van der Waals surface area contributed by atoms with E-state index in [-0.39, 0.29) is 11.0 Å². The van der Waals surface area contributed by atoms with Crippen molar-refractivity contribution >= 4 is 22.4 Å². The smallest absolute Gasteiger partial charge is 0.291 e. The standard InChI is InChI=1S/C23H23N3O3S/c1-23(2,3)16-8-6-14(7-9-16)20-24-22-26(25-20)21(27)19(30-22)13-15-12-17(28-4)10-11-18(15)29-5/h6-13H,1-5H3/b19-13-. The quantitative estimate of drug-likeness (QED) is 0.503. The molecule has 2 heterocycles. The van der Waals surface area contributed by atoms with Gasteiger partial charge in [0.05, 0.1) is 18.8 Å². The number of benzene rings is 2. The van der Waals surface area contributed by atoms with Crippen LogP contribution in [0.15, 0.2) is 47.3 Å². The van der Waals surface area contributed by atoms with Crippen molar-refractivity contribution in [3.05, 3.63) is 68.5 Å². The van der Waals surface area contributed by atoms with Gasteiger partial charge < -0.3 is 9.47 Å². The molecule has 0 fully saturated rings. The number of fused-ring (bicyclic) bond motifs is 1. The third-order valence-electron chi connectivity index (χ3n) is 4.91. The van der Waals surface area contributed by atoms with Crippen LogP contribution in [-0.2, 0) is 5.41 Å². The first-order chi connectivity index (χ1) is 14.3. The molecule has 4 aromatic rings. The van der Waals surface area contributed by atoms with Crippen LogP contribution in [-0.4, -0.2) is 28.8 Å². The summed E-state index contributed by atoms with van der Waals surface area (Å²) in [6, 6.07) is 13.6. The summed E-state index contributed by atoms with van der Waals surface area (Å²) in [4.78, 5) is 18.0. The summed E-state index contributed by atoms with van der Waals surface area (Å²) in [5, 5.41) is 4.44. The van der Waals surface area contributed by atoms with Gasteiger partial charge in [0.2, 0.25) is 4.96 Å². The molecule has 0 aliphatic carbocycles. The minimum Gasteiger partial charge on any atom is -0.497 e. The largest absolute Gasteiger partial charge is 0.497 e. The number of nitrogens with zero attached hydrogens (tertiary/aromatic N) is 3. The summed E-state index contributed by atoms with van der Waals surface area (Å²) in [5.41, 5.74) is 2.76. The SMILES string of the molecule is COc1ccc(OC)c(/C=c2\sc3nc(-c4ccc(C(C)(C)C)cc4)nn3c2=O)c1. The second-order valence-corrected chi connectivity index (χ2v) is 8.99. The minimum atomic E-state index is -0.204. The number of thiazole rings is 1. The van der Waals surface area contributed by atoms with E-state index in [9.17, 15) is 4.79 Å². The fraction of sp³-hybridized carbons (Fsp3) is 0.261. The molecule has 0 aliphatic heterocycles. The number of hydrogen-bond donors (Lipinski definition) is 0. The van der Waals surface area contributed by atoms with Gasteiger partial charge in [-0.2, -0.15) is 9.50 Å². The lowest BCUT2D eigenvalue weighted by molar-refractivity contribution is 0.402. The Bertz CT molecular complexity index is 1310. The molecule has 2 aromatic carbocycles. The topological polar surface area (TPSA) is 65.7 Å². The predicted molar refractivity (Wildman–Crippen MR) is 120 cm³/mol. The van der Waals surface area contributed by atoms with Gasteiger partial charge in [-0.05, 0) is 35.3 Å². The summed E-state index contributed by atoms with van der Waals surface area (Å²) < 4.78 is 12.6. The van der Waals surface area contributed by atoms with Crippen LogP contribution in [0.3, 0.4) is 0 Å². The van der Waals surface area contributed by atoms with Gasteiger partial charge in [0.1, 0.15) is 11.5 Å². The molecule has 0 radical (unpaired) electrons. The number of aromatic nitrogens is 3. The van der Waals surface area contributed by atoms with Crippen LogP contribution in [0.1, 0.15) is 31.9 Å². The van der Waals surface area contributed by atoms with Crippen molar-refractivity contribution in [3.63, 3.8) is 0 Å². The summed E-state index contributed by atoms with van der Waals surface area (Å²) in [6.07, 6.45) is 1.78. The number of rotatable bonds is 4. The van der Waals surface area contributed by atoms with Crippen molar-refractivity contribution in [2.24, 2.45) is 0 Å². The molecule has 7 heteroatoms. The molecule has 4 rings (SSSR count). The van der Waals surface area contributed by atoms with Crippen molar-refractivity contribution in [1.29, 1.82) is 0 Å². The molecule has 6 nitrogen and oxygen atoms in total. The summed E-state index contributed by atoms with van der Waals surface area (Å²) >= 11 is 1.30. The maximum absolute atomic E-state index is 12.9. The minimum absolute atomic E-state index is 0.0780. The van der Waals surface area contributed by atoms with Crippen LogP contribution in [0.5, 0.6) is 11.5 Å². The first-order valence-electron chi connectivity index (χ1n) is 9.54. The fourth-order valence-electron chi connectivity index (χ4n) is 3.17. The van der Waals surface area contributed by atoms with E-state index in [1.165, 1.54) is 21.4 Å². The third-order valence-corrected chi connectivity index (χ3v) is 5.87. The Hall–Kier alpha value is -3.19. The Kier molecular flexibility index (Phi) is 5.07. The van der Waals surface area contributed by atoms with Gasteiger partial charge in [0, 0.05) is 11.1 Å². The van der Waals surface area contributed by atoms with Gasteiger partial charge in [0.15, 0.2) is 5.82 Å². The van der Waals surface area contributed by atoms with Crippen LogP contribution in [0.25, 0.3) is 22.4 Å². The van der Waals surface area contributed by atoms with Crippen LogP contribution in [0.4, 0.5) is 0 Å². The molecule has 0 spiro atoms. The Morgan fingerprint density at radius 2 is 1.77 bits per heavy atom. The van der Waals surface area contributed by atoms with E-state index in [2.05, 4.69) is 43.0 Å². The molecule has 0 bridgehead atoms. The first kappa shape index (κ1) is 20.1. The van der Waals surface area contributed by atoms with Crippen LogP contribution < -0.4 is 19.6 Å². The number of methoxy groups -OCH3 is 2. The van der Waals surface area contributed by atoms with E-state index >= 15 is 0 Å². The molecule has 0 N–H and O–H groups in total. The van der Waals surface area contributed by atoms with Gasteiger partial charge in [-0.15, -0.1) is 5.10 Å². The number of ether oxygens (including phenoxy) is 2. The van der Waals surface area contributed by atoms with E-state index in [0.29, 0.717) is 26.8 Å². The van der Waals surface area contributed by atoms with E-state index in [0.717, 1.165) is 11.1 Å². The molecule has 0 saturated heterocycles. The lowest BCUT2D eigenvalue weighted by Crippen LogP contribution is -2.23. The molecule has 0 unspecified atom stereocenters. The molecule has 0 aliphatic rings. The Morgan fingerprint density at radius 3 is 2.37 bits per heavy atom. The molecular formula is C23H23N3O3S. The molecular weight excluding hydrogens is 398 g/mol. The zero-order valence-corrected chi connectivity index (χ0v) is 18.4. The average molecular weight is 422 g/mol. The monoisotopic (exact) mass is 421 g/mol. The molecule has 154 valence electrons. The molecule has 0 amide bonds. The second-order valence-electron chi connectivity index (χ2n) is 7.98. The van der Waals surface area contributed by atoms with Gasteiger partial charge in [-0.25, -0.2) is 0 Å². The first-order valence-corrected chi connectivity index (χ1v) is 10.4. The lowest BCUT2D eigenvalue weighted by Gasteiger charge is -2.18. The van der Waals surface area contributed by atoms with E-state index in [4.69, 9.17) is 9.47 Å². The van der Waals surface area contributed by atoms with Crippen molar-refractivity contribution in [1.82, 2.24) is 14.6 Å². The van der Waals surface area contributed by atoms with Crippen LogP contribution >= 0.6 is 11.3 Å². The number of hydrogen-bond acceptors (Lipinski definition) is 6. The Balaban J connectivity index is 1.75. The summed E-state index contributed by atoms with van der Waals surface area (Å²) in [7, 11) is 3.19. The fourth-order valence-corrected chi connectivity index (χ4v) is 4.07. The van der Waals surface area contributed by atoms with E-state index < -0.39 is 0 Å². The summed E-state index contributed by atoms with van der Waals surface area (Å²) in [5.74, 6) is 1.90. The zero-order valence-electron chi connectivity index (χ0n) is 17.6. The van der Waals surface area contributed by atoms with Crippen LogP contribution in [0, 0.1) is 0 Å². The van der Waals surface area contributed by atoms with Crippen LogP contribution in [0.2, 0.25) is 0 Å². The molecule has 0 atom stereocenters. The highest BCUT2D eigenvalue weighted by Crippen LogP contribution is 2.26. The van der Waals surface area contributed by atoms with Crippen molar-refractivity contribution in [2.45, 2.75) is 26.2 Å².